The van der Waals surface area contributed by atoms with Crippen LogP contribution in [0.2, 0.25) is 0 Å². The van der Waals surface area contributed by atoms with Gasteiger partial charge in [-0.1, -0.05) is 6.42 Å². The Morgan fingerprint density at radius 1 is 1.21 bits per heavy atom. The molecule has 1 aromatic carbocycles. The van der Waals surface area contributed by atoms with E-state index in [9.17, 15) is 19.7 Å². The number of carbonyl (C=O) groups excluding carboxylic acids is 1. The third-order valence-electron chi connectivity index (χ3n) is 3.67. The molecule has 0 spiro atoms. The molecule has 0 saturated heterocycles. The second kappa shape index (κ2) is 8.09. The lowest BCUT2D eigenvalue weighted by Crippen LogP contribution is -2.28. The molecule has 1 heterocycles. The van der Waals surface area contributed by atoms with Crippen LogP contribution in [-0.2, 0) is 16.1 Å². The van der Waals surface area contributed by atoms with Gasteiger partial charge in [0.05, 0.1) is 4.92 Å². The van der Waals surface area contributed by atoms with Gasteiger partial charge in [-0.25, -0.2) is 0 Å². The Labute approximate surface area is 138 Å². The highest BCUT2D eigenvalue weighted by atomic mass is 16.6. The maximum absolute atomic E-state index is 11.9. The van der Waals surface area contributed by atoms with Crippen molar-refractivity contribution in [2.24, 2.45) is 0 Å². The lowest BCUT2D eigenvalue weighted by Gasteiger charge is -2.07. The highest BCUT2D eigenvalue weighted by Gasteiger charge is 2.10. The van der Waals surface area contributed by atoms with Crippen molar-refractivity contribution in [3.8, 4) is 0 Å². The molecule has 0 aliphatic rings. The van der Waals surface area contributed by atoms with E-state index in [2.05, 4.69) is 5.32 Å². The summed E-state index contributed by atoms with van der Waals surface area (Å²) in [6.07, 6.45) is 3.96. The molecular formula is C16H19N3O5. The van der Waals surface area contributed by atoms with Gasteiger partial charge in [0, 0.05) is 42.2 Å². The van der Waals surface area contributed by atoms with Crippen molar-refractivity contribution >= 4 is 28.5 Å². The third kappa shape index (κ3) is 4.80. The number of nitrogens with zero attached hydrogens (tertiary/aromatic N) is 2. The van der Waals surface area contributed by atoms with E-state index in [-0.39, 0.29) is 24.6 Å². The first-order chi connectivity index (χ1) is 11.5. The van der Waals surface area contributed by atoms with Gasteiger partial charge in [-0.3, -0.25) is 19.7 Å². The van der Waals surface area contributed by atoms with Crippen molar-refractivity contribution in [2.45, 2.75) is 32.2 Å². The first-order valence-corrected chi connectivity index (χ1v) is 7.69. The van der Waals surface area contributed by atoms with Gasteiger partial charge in [-0.05, 0) is 25.0 Å². The number of carboxylic acid groups (broad SMARTS) is 1. The van der Waals surface area contributed by atoms with Gasteiger partial charge < -0.3 is 15.0 Å². The fourth-order valence-corrected chi connectivity index (χ4v) is 2.46. The van der Waals surface area contributed by atoms with Crippen LogP contribution in [0.4, 0.5) is 5.69 Å². The average molecular weight is 333 g/mol. The van der Waals surface area contributed by atoms with Crippen LogP contribution >= 0.6 is 0 Å². The van der Waals surface area contributed by atoms with E-state index in [1.807, 2.05) is 0 Å². The normalized spacial score (nSPS) is 10.7. The first-order valence-electron chi connectivity index (χ1n) is 7.69. The predicted octanol–water partition coefficient (Wildman–Crippen LogP) is 2.31. The van der Waals surface area contributed by atoms with E-state index in [1.165, 1.54) is 12.1 Å². The highest BCUT2D eigenvalue weighted by Crippen LogP contribution is 2.21. The molecule has 8 heteroatoms. The van der Waals surface area contributed by atoms with Crippen molar-refractivity contribution < 1.29 is 19.6 Å². The molecule has 1 amide bonds. The lowest BCUT2D eigenvalue weighted by molar-refractivity contribution is -0.384. The molecule has 0 radical (unpaired) electrons. The molecule has 2 aromatic rings. The van der Waals surface area contributed by atoms with Gasteiger partial charge in [0.25, 0.3) is 5.69 Å². The molecule has 1 aromatic heterocycles. The Morgan fingerprint density at radius 2 is 2.00 bits per heavy atom. The van der Waals surface area contributed by atoms with Crippen molar-refractivity contribution in [1.29, 1.82) is 0 Å². The number of amides is 1. The summed E-state index contributed by atoms with van der Waals surface area (Å²) in [6.45, 7) is 0.638. The van der Waals surface area contributed by atoms with Crippen LogP contribution in [-0.4, -0.2) is 33.0 Å². The minimum atomic E-state index is -0.807. The number of carboxylic acids is 1. The Kier molecular flexibility index (Phi) is 5.89. The average Bonchev–Trinajstić information content (AvgIpc) is 2.92. The number of nitrogens with one attached hydrogen (secondary N) is 1. The van der Waals surface area contributed by atoms with Crippen molar-refractivity contribution in [2.75, 3.05) is 6.54 Å². The van der Waals surface area contributed by atoms with Crippen LogP contribution in [0.5, 0.6) is 0 Å². The minimum Gasteiger partial charge on any atom is -0.481 e. The second-order valence-electron chi connectivity index (χ2n) is 5.50. The fourth-order valence-electron chi connectivity index (χ4n) is 2.46. The molecule has 24 heavy (non-hydrogen) atoms. The van der Waals surface area contributed by atoms with Crippen molar-refractivity contribution in [1.82, 2.24) is 9.88 Å². The van der Waals surface area contributed by atoms with E-state index in [0.717, 1.165) is 18.4 Å². The third-order valence-corrected chi connectivity index (χ3v) is 3.67. The van der Waals surface area contributed by atoms with E-state index in [1.54, 1.807) is 22.9 Å². The Morgan fingerprint density at radius 3 is 2.71 bits per heavy atom. The summed E-state index contributed by atoms with van der Waals surface area (Å²) in [5, 5.41) is 22.8. The van der Waals surface area contributed by atoms with E-state index in [4.69, 9.17) is 5.11 Å². The summed E-state index contributed by atoms with van der Waals surface area (Å²) in [7, 11) is 0. The largest absolute Gasteiger partial charge is 0.481 e. The minimum absolute atomic E-state index is 0.0195. The Hall–Kier alpha value is -2.90. The number of nitro groups is 1. The maximum Gasteiger partial charge on any atom is 0.303 e. The van der Waals surface area contributed by atoms with Gasteiger partial charge in [0.2, 0.25) is 5.91 Å². The molecule has 0 unspecified atom stereocenters. The molecule has 2 rings (SSSR count). The summed E-state index contributed by atoms with van der Waals surface area (Å²) >= 11 is 0. The number of non-ortho nitro benzene ring substituents is 1. The number of unbranched alkanes of at least 4 members (excludes halogenated alkanes) is 2. The Balaban J connectivity index is 1.83. The van der Waals surface area contributed by atoms with Gasteiger partial charge in [-0.15, -0.1) is 0 Å². The van der Waals surface area contributed by atoms with Crippen LogP contribution < -0.4 is 5.32 Å². The van der Waals surface area contributed by atoms with Crippen LogP contribution in [0.25, 0.3) is 10.9 Å². The smallest absolute Gasteiger partial charge is 0.303 e. The van der Waals surface area contributed by atoms with Crippen LogP contribution in [0.15, 0.2) is 30.5 Å². The maximum atomic E-state index is 11.9. The molecular weight excluding hydrogens is 314 g/mol. The molecule has 8 nitrogen and oxygen atoms in total. The number of rotatable bonds is 9. The zero-order chi connectivity index (χ0) is 17.5. The number of nitro benzene ring substituents is 1. The topological polar surface area (TPSA) is 114 Å². The van der Waals surface area contributed by atoms with Gasteiger partial charge in [-0.2, -0.15) is 0 Å². The van der Waals surface area contributed by atoms with Crippen molar-refractivity contribution in [3.05, 3.63) is 40.6 Å². The molecule has 0 aliphatic carbocycles. The molecule has 0 bridgehead atoms. The summed E-state index contributed by atoms with van der Waals surface area (Å²) in [5.41, 5.74) is 0.781. The fraction of sp³-hybridized carbons (Fsp3) is 0.375. The number of hydrogen-bond donors (Lipinski definition) is 2. The van der Waals surface area contributed by atoms with Gasteiger partial charge in [0.15, 0.2) is 0 Å². The van der Waals surface area contributed by atoms with Crippen LogP contribution in [0, 0.1) is 10.1 Å². The number of carbonyl (C=O) groups is 2. The van der Waals surface area contributed by atoms with E-state index < -0.39 is 10.9 Å². The number of aliphatic carboxylic acids is 1. The van der Waals surface area contributed by atoms with Gasteiger partial charge in [0.1, 0.15) is 6.54 Å². The molecule has 0 saturated carbocycles. The Bertz CT molecular complexity index is 753. The van der Waals surface area contributed by atoms with Crippen LogP contribution in [0.1, 0.15) is 25.7 Å². The predicted molar refractivity (Wildman–Crippen MR) is 87.7 cm³/mol. The summed E-state index contributed by atoms with van der Waals surface area (Å²) in [4.78, 5) is 32.6. The molecule has 128 valence electrons. The van der Waals surface area contributed by atoms with E-state index >= 15 is 0 Å². The quantitative estimate of drug-likeness (QED) is 0.415. The van der Waals surface area contributed by atoms with Crippen molar-refractivity contribution in [3.63, 3.8) is 0 Å². The lowest BCUT2D eigenvalue weighted by atomic mass is 10.2. The SMILES string of the molecule is O=C(O)CCCCCNC(=O)Cn1ccc2cc([N+](=O)[O-])ccc21. The second-order valence-corrected chi connectivity index (χ2v) is 5.50. The summed E-state index contributed by atoms with van der Waals surface area (Å²) in [6, 6.07) is 6.26. The molecule has 2 N–H and O–H groups in total. The van der Waals surface area contributed by atoms with E-state index in [0.29, 0.717) is 18.4 Å². The molecule has 0 fully saturated rings. The first kappa shape index (κ1) is 17.5. The zero-order valence-corrected chi connectivity index (χ0v) is 13.1. The standard InChI is InChI=1S/C16H19N3O5/c20-15(17-8-3-1-2-4-16(21)22)11-18-9-7-12-10-13(19(23)24)5-6-14(12)18/h5-7,9-10H,1-4,8,11H2,(H,17,20)(H,21,22). The number of hydrogen-bond acceptors (Lipinski definition) is 4. The number of benzene rings is 1. The van der Waals surface area contributed by atoms with Gasteiger partial charge >= 0.3 is 5.97 Å². The number of fused-ring (bicyclic) bond motifs is 1. The van der Waals surface area contributed by atoms with Crippen LogP contribution in [0.3, 0.4) is 0 Å². The number of aromatic nitrogens is 1. The highest BCUT2D eigenvalue weighted by molar-refractivity contribution is 5.85. The summed E-state index contributed by atoms with van der Waals surface area (Å²) in [5.74, 6) is -0.956. The molecule has 0 aliphatic heterocycles. The zero-order valence-electron chi connectivity index (χ0n) is 13.1. The molecule has 0 atom stereocenters. The summed E-state index contributed by atoms with van der Waals surface area (Å²) < 4.78 is 1.73. The monoisotopic (exact) mass is 333 g/mol.